The van der Waals surface area contributed by atoms with Crippen molar-refractivity contribution in [3.05, 3.63) is 64.7 Å². The number of aryl methyl sites for hydroxylation is 1. The summed E-state index contributed by atoms with van der Waals surface area (Å²) in [5, 5.41) is 3.57. The summed E-state index contributed by atoms with van der Waals surface area (Å²) < 4.78 is 0. The number of carbonyl (C=O) groups is 2. The number of benzene rings is 2. The number of nitrogens with zero attached hydrogens (tertiary/aromatic N) is 1. The maximum atomic E-state index is 12.6. The number of carbonyl (C=O) groups excluding carboxylic acids is 2. The third-order valence-corrected chi connectivity index (χ3v) is 4.71. The lowest BCUT2D eigenvalue weighted by atomic mass is 9.96. The van der Waals surface area contributed by atoms with Crippen LogP contribution in [0.1, 0.15) is 28.8 Å². The van der Waals surface area contributed by atoms with Gasteiger partial charge in [-0.2, -0.15) is 0 Å². The normalized spacial score (nSPS) is 17.2. The van der Waals surface area contributed by atoms with E-state index in [2.05, 4.69) is 5.32 Å². The average Bonchev–Trinajstić information content (AvgIpc) is 2.62. The molecule has 1 fully saturated rings. The molecule has 1 aliphatic rings. The van der Waals surface area contributed by atoms with Crippen molar-refractivity contribution < 1.29 is 9.59 Å². The van der Waals surface area contributed by atoms with Gasteiger partial charge in [0.15, 0.2) is 0 Å². The first kappa shape index (κ1) is 17.5. The van der Waals surface area contributed by atoms with E-state index in [-0.39, 0.29) is 17.7 Å². The zero-order valence-electron chi connectivity index (χ0n) is 14.2. The molecule has 130 valence electrons. The first-order chi connectivity index (χ1) is 12.0. The van der Waals surface area contributed by atoms with Crippen molar-refractivity contribution in [1.82, 2.24) is 4.90 Å². The Bertz CT molecular complexity index is 774. The smallest absolute Gasteiger partial charge is 0.253 e. The molecule has 4 nitrogen and oxygen atoms in total. The summed E-state index contributed by atoms with van der Waals surface area (Å²) in [5.41, 5.74) is 2.50. The number of amides is 2. The van der Waals surface area contributed by atoms with Crippen molar-refractivity contribution in [3.8, 4) is 0 Å². The highest BCUT2D eigenvalue weighted by molar-refractivity contribution is 6.30. The van der Waals surface area contributed by atoms with E-state index < -0.39 is 0 Å². The van der Waals surface area contributed by atoms with Gasteiger partial charge in [-0.1, -0.05) is 23.7 Å². The third-order valence-electron chi connectivity index (χ3n) is 4.46. The summed E-state index contributed by atoms with van der Waals surface area (Å²) in [6, 6.07) is 14.6. The van der Waals surface area contributed by atoms with E-state index in [1.807, 2.05) is 31.2 Å². The van der Waals surface area contributed by atoms with Gasteiger partial charge >= 0.3 is 0 Å². The molecule has 0 aliphatic carbocycles. The van der Waals surface area contributed by atoms with Crippen molar-refractivity contribution in [1.29, 1.82) is 0 Å². The van der Waals surface area contributed by atoms with Crippen LogP contribution in [0.4, 0.5) is 5.69 Å². The van der Waals surface area contributed by atoms with Crippen LogP contribution in [0, 0.1) is 12.8 Å². The lowest BCUT2D eigenvalue weighted by Crippen LogP contribution is -2.43. The Labute approximate surface area is 152 Å². The summed E-state index contributed by atoms with van der Waals surface area (Å²) in [5.74, 6) is -0.269. The monoisotopic (exact) mass is 356 g/mol. The van der Waals surface area contributed by atoms with Gasteiger partial charge in [-0.25, -0.2) is 0 Å². The zero-order chi connectivity index (χ0) is 17.8. The number of rotatable bonds is 3. The third kappa shape index (κ3) is 4.40. The Hall–Kier alpha value is -2.33. The second-order valence-electron chi connectivity index (χ2n) is 6.46. The summed E-state index contributed by atoms with van der Waals surface area (Å²) in [4.78, 5) is 27.0. The Morgan fingerprint density at radius 3 is 2.64 bits per heavy atom. The molecule has 1 saturated heterocycles. The molecule has 1 heterocycles. The summed E-state index contributed by atoms with van der Waals surface area (Å²) in [6.45, 7) is 3.11. The zero-order valence-corrected chi connectivity index (χ0v) is 14.9. The van der Waals surface area contributed by atoms with Gasteiger partial charge in [-0.05, 0) is 61.7 Å². The fraction of sp³-hybridized carbons (Fsp3) is 0.300. The van der Waals surface area contributed by atoms with Gasteiger partial charge in [-0.15, -0.1) is 0 Å². The highest BCUT2D eigenvalue weighted by Gasteiger charge is 2.29. The quantitative estimate of drug-likeness (QED) is 0.898. The molecule has 0 radical (unpaired) electrons. The number of nitrogens with one attached hydrogen (secondary N) is 1. The van der Waals surface area contributed by atoms with Crippen LogP contribution in [0.3, 0.4) is 0 Å². The molecule has 2 amide bonds. The van der Waals surface area contributed by atoms with E-state index in [0.717, 1.165) is 24.1 Å². The van der Waals surface area contributed by atoms with E-state index in [4.69, 9.17) is 11.6 Å². The first-order valence-corrected chi connectivity index (χ1v) is 8.83. The van der Waals surface area contributed by atoms with Crippen LogP contribution in [0.15, 0.2) is 48.5 Å². The van der Waals surface area contributed by atoms with Crippen LogP contribution >= 0.6 is 11.6 Å². The molecule has 0 aromatic heterocycles. The van der Waals surface area contributed by atoms with Gasteiger partial charge < -0.3 is 10.2 Å². The molecule has 1 N–H and O–H groups in total. The molecule has 2 aromatic carbocycles. The predicted molar refractivity (Wildman–Crippen MR) is 99.9 cm³/mol. The van der Waals surface area contributed by atoms with E-state index in [9.17, 15) is 9.59 Å². The topological polar surface area (TPSA) is 49.4 Å². The number of likely N-dealkylation sites (tertiary alicyclic amines) is 1. The van der Waals surface area contributed by atoms with Gasteiger partial charge in [0.25, 0.3) is 5.91 Å². The number of halogens is 1. The molecular weight excluding hydrogens is 336 g/mol. The predicted octanol–water partition coefficient (Wildman–Crippen LogP) is 4.14. The number of hydrogen-bond donors (Lipinski definition) is 1. The minimum absolute atomic E-state index is 0.0285. The largest absolute Gasteiger partial charge is 0.338 e. The minimum atomic E-state index is -0.189. The van der Waals surface area contributed by atoms with Crippen LogP contribution in [0.5, 0.6) is 0 Å². The molecule has 0 saturated carbocycles. The second-order valence-corrected chi connectivity index (χ2v) is 6.89. The standard InChI is InChI=1S/C20H21ClN2O2/c1-14-4-2-6-18(12-14)22-19(24)16-5-3-11-23(13-16)20(25)15-7-9-17(21)10-8-15/h2,4,6-10,12,16H,3,5,11,13H2,1H3,(H,22,24). The van der Waals surface area contributed by atoms with Crippen molar-refractivity contribution >= 4 is 29.1 Å². The molecule has 1 atom stereocenters. The van der Waals surface area contributed by atoms with E-state index >= 15 is 0 Å². The Morgan fingerprint density at radius 1 is 1.16 bits per heavy atom. The van der Waals surface area contributed by atoms with Gasteiger partial charge in [0, 0.05) is 29.4 Å². The molecule has 5 heteroatoms. The Morgan fingerprint density at radius 2 is 1.92 bits per heavy atom. The van der Waals surface area contributed by atoms with E-state index in [1.165, 1.54) is 0 Å². The number of piperidine rings is 1. The highest BCUT2D eigenvalue weighted by Crippen LogP contribution is 2.21. The molecule has 3 rings (SSSR count). The summed E-state index contributed by atoms with van der Waals surface area (Å²) in [6.07, 6.45) is 1.62. The van der Waals surface area contributed by atoms with Crippen LogP contribution in [0.2, 0.25) is 5.02 Å². The first-order valence-electron chi connectivity index (χ1n) is 8.45. The highest BCUT2D eigenvalue weighted by atomic mass is 35.5. The maximum Gasteiger partial charge on any atom is 0.253 e. The molecule has 1 aliphatic heterocycles. The van der Waals surface area contributed by atoms with Crippen LogP contribution in [-0.2, 0) is 4.79 Å². The van der Waals surface area contributed by atoms with E-state index in [1.54, 1.807) is 29.2 Å². The van der Waals surface area contributed by atoms with E-state index in [0.29, 0.717) is 23.7 Å². The Kier molecular flexibility index (Phi) is 5.39. The maximum absolute atomic E-state index is 12.6. The molecule has 0 spiro atoms. The van der Waals surface area contributed by atoms with Crippen molar-refractivity contribution in [2.24, 2.45) is 5.92 Å². The van der Waals surface area contributed by atoms with Crippen LogP contribution in [-0.4, -0.2) is 29.8 Å². The van der Waals surface area contributed by atoms with Gasteiger partial charge in [0.05, 0.1) is 5.92 Å². The van der Waals surface area contributed by atoms with Gasteiger partial charge in [0.2, 0.25) is 5.91 Å². The fourth-order valence-electron chi connectivity index (χ4n) is 3.12. The summed E-state index contributed by atoms with van der Waals surface area (Å²) >= 11 is 5.88. The van der Waals surface area contributed by atoms with Crippen molar-refractivity contribution in [2.75, 3.05) is 18.4 Å². The number of hydrogen-bond acceptors (Lipinski definition) is 2. The van der Waals surface area contributed by atoms with Crippen molar-refractivity contribution in [2.45, 2.75) is 19.8 Å². The second kappa shape index (κ2) is 7.70. The van der Waals surface area contributed by atoms with Crippen LogP contribution in [0.25, 0.3) is 0 Å². The van der Waals surface area contributed by atoms with Gasteiger partial charge in [0.1, 0.15) is 0 Å². The molecular formula is C20H21ClN2O2. The molecule has 1 unspecified atom stereocenters. The molecule has 25 heavy (non-hydrogen) atoms. The SMILES string of the molecule is Cc1cccc(NC(=O)C2CCCN(C(=O)c3ccc(Cl)cc3)C2)c1. The van der Waals surface area contributed by atoms with Gasteiger partial charge in [-0.3, -0.25) is 9.59 Å². The van der Waals surface area contributed by atoms with Crippen LogP contribution < -0.4 is 5.32 Å². The molecule has 0 bridgehead atoms. The van der Waals surface area contributed by atoms with Crippen molar-refractivity contribution in [3.63, 3.8) is 0 Å². The number of anilines is 1. The summed E-state index contributed by atoms with van der Waals surface area (Å²) in [7, 11) is 0. The fourth-order valence-corrected chi connectivity index (χ4v) is 3.24. The molecule has 2 aromatic rings. The minimum Gasteiger partial charge on any atom is -0.338 e. The lowest BCUT2D eigenvalue weighted by Gasteiger charge is -2.32. The average molecular weight is 357 g/mol. The Balaban J connectivity index is 1.65. The lowest BCUT2D eigenvalue weighted by molar-refractivity contribution is -0.121.